The minimum atomic E-state index is 0.0284. The fourth-order valence-electron chi connectivity index (χ4n) is 3.59. The molecule has 0 aliphatic heterocycles. The van der Waals surface area contributed by atoms with Gasteiger partial charge in [0.2, 0.25) is 0 Å². The molecule has 1 aliphatic carbocycles. The first-order valence-corrected chi connectivity index (χ1v) is 9.17. The molecule has 0 aromatic heterocycles. The molecule has 0 fully saturated rings. The number of benzene rings is 2. The molecule has 2 unspecified atom stereocenters. The van der Waals surface area contributed by atoms with E-state index >= 15 is 0 Å². The van der Waals surface area contributed by atoms with Crippen LogP contribution in [0.25, 0.3) is 0 Å². The number of amides is 1. The summed E-state index contributed by atoms with van der Waals surface area (Å²) in [6, 6.07) is 16.6. The second-order valence-corrected chi connectivity index (χ2v) is 6.89. The van der Waals surface area contributed by atoms with Crippen LogP contribution in [0.5, 0.6) is 5.75 Å². The van der Waals surface area contributed by atoms with Crippen molar-refractivity contribution < 1.29 is 9.53 Å². The lowest BCUT2D eigenvalue weighted by molar-refractivity contribution is -0.134. The number of carbonyl (C=O) groups is 1. The number of ether oxygens (including phenoxy) is 1. The van der Waals surface area contributed by atoms with E-state index in [1.807, 2.05) is 36.2 Å². The Hall–Kier alpha value is -2.29. The topological polar surface area (TPSA) is 29.5 Å². The Labute approximate surface area is 150 Å². The molecule has 0 N–H and O–H groups in total. The number of carbonyl (C=O) groups excluding carboxylic acids is 1. The fraction of sp³-hybridized carbons (Fsp3) is 0.409. The van der Waals surface area contributed by atoms with Gasteiger partial charge in [-0.05, 0) is 47.9 Å². The fourth-order valence-corrected chi connectivity index (χ4v) is 3.59. The highest BCUT2D eigenvalue weighted by molar-refractivity contribution is 5.78. The summed E-state index contributed by atoms with van der Waals surface area (Å²) in [5.74, 6) is 1.27. The number of rotatable bonds is 6. The molecule has 0 saturated carbocycles. The molecule has 3 nitrogen and oxygen atoms in total. The highest BCUT2D eigenvalue weighted by Gasteiger charge is 2.28. The van der Waals surface area contributed by atoms with Crippen LogP contribution in [0.4, 0.5) is 0 Å². The average Bonchev–Trinajstić information content (AvgIpc) is 3.09. The van der Waals surface area contributed by atoms with Crippen LogP contribution < -0.4 is 4.74 Å². The van der Waals surface area contributed by atoms with Gasteiger partial charge in [0.1, 0.15) is 5.75 Å². The number of aryl methyl sites for hydroxylation is 1. The van der Waals surface area contributed by atoms with Gasteiger partial charge in [0.05, 0.1) is 6.04 Å². The predicted octanol–water partition coefficient (Wildman–Crippen LogP) is 4.72. The maximum absolute atomic E-state index is 12.7. The Morgan fingerprint density at radius 2 is 1.92 bits per heavy atom. The molecule has 0 saturated heterocycles. The van der Waals surface area contributed by atoms with Crippen molar-refractivity contribution >= 4 is 5.91 Å². The summed E-state index contributed by atoms with van der Waals surface area (Å²) in [7, 11) is 1.89. The number of fused-ring (bicyclic) bond motifs is 1. The Kier molecular flexibility index (Phi) is 5.42. The zero-order valence-corrected chi connectivity index (χ0v) is 15.4. The molecule has 3 heteroatoms. The van der Waals surface area contributed by atoms with Gasteiger partial charge in [-0.1, -0.05) is 56.3 Å². The normalized spacial score (nSPS) is 17.0. The van der Waals surface area contributed by atoms with Crippen LogP contribution >= 0.6 is 0 Å². The van der Waals surface area contributed by atoms with Crippen LogP contribution in [0.1, 0.15) is 55.3 Å². The molecule has 0 spiro atoms. The van der Waals surface area contributed by atoms with E-state index in [4.69, 9.17) is 4.74 Å². The SMILES string of the molecule is CCC(C)c1ccccc1OCC(=O)N(C)C1CCc2ccccc21. The van der Waals surface area contributed by atoms with Crippen LogP contribution in [0.2, 0.25) is 0 Å². The lowest BCUT2D eigenvalue weighted by Crippen LogP contribution is -2.34. The number of para-hydroxylation sites is 1. The van der Waals surface area contributed by atoms with E-state index in [1.54, 1.807) is 0 Å². The third kappa shape index (κ3) is 3.71. The molecule has 2 aromatic rings. The van der Waals surface area contributed by atoms with Gasteiger partial charge in [-0.2, -0.15) is 0 Å². The van der Waals surface area contributed by atoms with Crippen molar-refractivity contribution in [2.24, 2.45) is 0 Å². The van der Waals surface area contributed by atoms with Crippen molar-refractivity contribution in [3.63, 3.8) is 0 Å². The van der Waals surface area contributed by atoms with Crippen LogP contribution in [-0.2, 0) is 11.2 Å². The summed E-state index contributed by atoms with van der Waals surface area (Å²) in [5.41, 5.74) is 3.81. The van der Waals surface area contributed by atoms with E-state index in [1.165, 1.54) is 16.7 Å². The zero-order chi connectivity index (χ0) is 17.8. The summed E-state index contributed by atoms with van der Waals surface area (Å²) < 4.78 is 5.90. The van der Waals surface area contributed by atoms with E-state index in [0.29, 0.717) is 5.92 Å². The predicted molar refractivity (Wildman–Crippen MR) is 101 cm³/mol. The molecule has 25 heavy (non-hydrogen) atoms. The number of hydrogen-bond donors (Lipinski definition) is 0. The van der Waals surface area contributed by atoms with Gasteiger partial charge in [-0.3, -0.25) is 4.79 Å². The molecule has 1 amide bonds. The highest BCUT2D eigenvalue weighted by Crippen LogP contribution is 2.35. The summed E-state index contributed by atoms with van der Waals surface area (Å²) >= 11 is 0. The van der Waals surface area contributed by atoms with Gasteiger partial charge in [-0.25, -0.2) is 0 Å². The highest BCUT2D eigenvalue weighted by atomic mass is 16.5. The average molecular weight is 337 g/mol. The van der Waals surface area contributed by atoms with Crippen molar-refractivity contribution in [3.05, 3.63) is 65.2 Å². The molecule has 3 rings (SSSR count). The first kappa shape index (κ1) is 17.5. The number of hydrogen-bond acceptors (Lipinski definition) is 2. The number of nitrogens with zero attached hydrogens (tertiary/aromatic N) is 1. The van der Waals surface area contributed by atoms with Crippen molar-refractivity contribution in [1.29, 1.82) is 0 Å². The van der Waals surface area contributed by atoms with Gasteiger partial charge >= 0.3 is 0 Å². The molecule has 0 radical (unpaired) electrons. The largest absolute Gasteiger partial charge is 0.483 e. The quantitative estimate of drug-likeness (QED) is 0.763. The van der Waals surface area contributed by atoms with Gasteiger partial charge in [0.25, 0.3) is 5.91 Å². The summed E-state index contributed by atoms with van der Waals surface area (Å²) in [6.45, 7) is 4.44. The van der Waals surface area contributed by atoms with Gasteiger partial charge in [-0.15, -0.1) is 0 Å². The molecule has 132 valence electrons. The molecule has 0 heterocycles. The van der Waals surface area contributed by atoms with Crippen molar-refractivity contribution in [1.82, 2.24) is 4.90 Å². The lowest BCUT2D eigenvalue weighted by Gasteiger charge is -2.26. The Morgan fingerprint density at radius 1 is 1.20 bits per heavy atom. The third-order valence-electron chi connectivity index (χ3n) is 5.38. The molecular weight excluding hydrogens is 310 g/mol. The van der Waals surface area contributed by atoms with Gasteiger partial charge < -0.3 is 9.64 Å². The van der Waals surface area contributed by atoms with Crippen LogP contribution in [0, 0.1) is 0 Å². The van der Waals surface area contributed by atoms with Crippen LogP contribution in [0.3, 0.4) is 0 Å². The molecule has 2 aromatic carbocycles. The summed E-state index contributed by atoms with van der Waals surface area (Å²) in [5, 5.41) is 0. The van der Waals surface area contributed by atoms with Crippen molar-refractivity contribution in [2.75, 3.05) is 13.7 Å². The monoisotopic (exact) mass is 337 g/mol. The Morgan fingerprint density at radius 3 is 2.72 bits per heavy atom. The van der Waals surface area contributed by atoms with Crippen LogP contribution in [-0.4, -0.2) is 24.5 Å². The second kappa shape index (κ2) is 7.73. The third-order valence-corrected chi connectivity index (χ3v) is 5.38. The minimum Gasteiger partial charge on any atom is -0.483 e. The van der Waals surface area contributed by atoms with E-state index in [0.717, 1.165) is 25.0 Å². The number of likely N-dealkylation sites (N-methyl/N-ethyl adjacent to an activating group) is 1. The maximum Gasteiger partial charge on any atom is 0.260 e. The van der Waals surface area contributed by atoms with Crippen molar-refractivity contribution in [3.8, 4) is 5.75 Å². The molecule has 2 atom stereocenters. The van der Waals surface area contributed by atoms with E-state index in [2.05, 4.69) is 38.1 Å². The molecule has 0 bridgehead atoms. The van der Waals surface area contributed by atoms with E-state index in [9.17, 15) is 4.79 Å². The van der Waals surface area contributed by atoms with Gasteiger partial charge in [0, 0.05) is 7.05 Å². The lowest BCUT2D eigenvalue weighted by atomic mass is 9.98. The summed E-state index contributed by atoms with van der Waals surface area (Å²) in [6.07, 6.45) is 3.08. The summed E-state index contributed by atoms with van der Waals surface area (Å²) in [4.78, 5) is 14.5. The van der Waals surface area contributed by atoms with E-state index in [-0.39, 0.29) is 18.6 Å². The maximum atomic E-state index is 12.7. The standard InChI is InChI=1S/C22H27NO2/c1-4-16(2)18-10-7-8-12-21(18)25-15-22(24)23(3)20-14-13-17-9-5-6-11-19(17)20/h5-12,16,20H,4,13-15H2,1-3H3. The van der Waals surface area contributed by atoms with Crippen LogP contribution in [0.15, 0.2) is 48.5 Å². The first-order valence-electron chi connectivity index (χ1n) is 9.17. The second-order valence-electron chi connectivity index (χ2n) is 6.89. The van der Waals surface area contributed by atoms with Gasteiger partial charge in [0.15, 0.2) is 6.61 Å². The molecular formula is C22H27NO2. The van der Waals surface area contributed by atoms with E-state index < -0.39 is 0 Å². The smallest absolute Gasteiger partial charge is 0.260 e. The first-order chi connectivity index (χ1) is 12.1. The van der Waals surface area contributed by atoms with Crippen molar-refractivity contribution in [2.45, 2.75) is 45.1 Å². The Bertz CT molecular complexity index is 740. The zero-order valence-electron chi connectivity index (χ0n) is 15.4. The molecule has 1 aliphatic rings. The minimum absolute atomic E-state index is 0.0284. The Balaban J connectivity index is 1.66.